The summed E-state index contributed by atoms with van der Waals surface area (Å²) in [6.07, 6.45) is 2.38. The van der Waals surface area contributed by atoms with Gasteiger partial charge in [-0.1, -0.05) is 44.2 Å². The number of carbonyl (C=O) groups is 1. The molecular weight excluding hydrogens is 380 g/mol. The van der Waals surface area contributed by atoms with Crippen LogP contribution in [-0.4, -0.2) is 34.0 Å². The van der Waals surface area contributed by atoms with Crippen LogP contribution in [-0.2, 0) is 6.42 Å². The van der Waals surface area contributed by atoms with Gasteiger partial charge < -0.3 is 9.84 Å². The molecule has 0 radical (unpaired) electrons. The molecular formula is C23H26N4O3. The molecule has 0 spiro atoms. The molecule has 1 amide bonds. The maximum Gasteiger partial charge on any atom is 0.289 e. The fraction of sp³-hybridized carbons (Fsp3) is 0.261. The maximum absolute atomic E-state index is 12.3. The van der Waals surface area contributed by atoms with Crippen LogP contribution in [0.1, 0.15) is 42.4 Å². The topological polar surface area (TPSA) is 99.6 Å². The fourth-order valence-corrected chi connectivity index (χ4v) is 3.01. The van der Waals surface area contributed by atoms with E-state index in [1.54, 1.807) is 24.3 Å². The minimum absolute atomic E-state index is 0.0258. The van der Waals surface area contributed by atoms with E-state index in [1.165, 1.54) is 11.8 Å². The average molecular weight is 406 g/mol. The van der Waals surface area contributed by atoms with Gasteiger partial charge in [-0.25, -0.2) is 5.43 Å². The number of para-hydroxylation sites is 1. The Morgan fingerprint density at radius 2 is 2.03 bits per heavy atom. The first-order valence-electron chi connectivity index (χ1n) is 9.90. The van der Waals surface area contributed by atoms with E-state index in [4.69, 9.17) is 4.74 Å². The van der Waals surface area contributed by atoms with E-state index >= 15 is 0 Å². The van der Waals surface area contributed by atoms with Crippen molar-refractivity contribution in [2.75, 3.05) is 6.61 Å². The van der Waals surface area contributed by atoms with E-state index in [1.807, 2.05) is 19.1 Å². The van der Waals surface area contributed by atoms with Gasteiger partial charge in [0.1, 0.15) is 5.69 Å². The Labute approximate surface area is 175 Å². The van der Waals surface area contributed by atoms with Gasteiger partial charge >= 0.3 is 0 Å². The summed E-state index contributed by atoms with van der Waals surface area (Å²) in [4.78, 5) is 12.3. The lowest BCUT2D eigenvalue weighted by molar-refractivity contribution is 0.0950. The molecule has 0 aliphatic rings. The van der Waals surface area contributed by atoms with Gasteiger partial charge in [-0.15, -0.1) is 0 Å². The van der Waals surface area contributed by atoms with Crippen molar-refractivity contribution >= 4 is 12.1 Å². The number of nitrogens with one attached hydrogen (secondary N) is 2. The number of phenolic OH excluding ortho intramolecular Hbond substituents is 1. The molecule has 30 heavy (non-hydrogen) atoms. The quantitative estimate of drug-likeness (QED) is 0.387. The maximum atomic E-state index is 12.3. The summed E-state index contributed by atoms with van der Waals surface area (Å²) in [6.45, 7) is 6.64. The molecule has 0 fully saturated rings. The highest BCUT2D eigenvalue weighted by Gasteiger charge is 2.11. The van der Waals surface area contributed by atoms with Crippen LogP contribution in [0.4, 0.5) is 0 Å². The van der Waals surface area contributed by atoms with E-state index in [2.05, 4.69) is 46.7 Å². The van der Waals surface area contributed by atoms with Crippen LogP contribution in [0, 0.1) is 5.92 Å². The van der Waals surface area contributed by atoms with E-state index in [-0.39, 0.29) is 5.75 Å². The number of aromatic amines is 1. The molecule has 7 heteroatoms. The van der Waals surface area contributed by atoms with Gasteiger partial charge in [-0.05, 0) is 43.0 Å². The van der Waals surface area contributed by atoms with Gasteiger partial charge in [-0.3, -0.25) is 9.89 Å². The molecule has 156 valence electrons. The standard InChI is InChI=1S/C23H26N4O3/c1-4-30-21-7-5-6-18(22(21)28)14-24-27-23(29)20-13-19(25-26-20)17-10-8-16(9-11-17)12-15(2)3/h5-11,13-15,28H,4,12H2,1-3H3,(H,25,26)(H,27,29). The summed E-state index contributed by atoms with van der Waals surface area (Å²) >= 11 is 0. The van der Waals surface area contributed by atoms with Crippen molar-refractivity contribution in [3.05, 3.63) is 65.4 Å². The molecule has 3 rings (SSSR count). The van der Waals surface area contributed by atoms with Gasteiger partial charge in [0.05, 0.1) is 18.5 Å². The second-order valence-electron chi connectivity index (χ2n) is 7.29. The predicted octanol–water partition coefficient (Wildman–Crippen LogP) is 4.14. The first-order valence-corrected chi connectivity index (χ1v) is 9.90. The lowest BCUT2D eigenvalue weighted by Gasteiger charge is -2.07. The molecule has 0 aliphatic carbocycles. The van der Waals surface area contributed by atoms with E-state index in [9.17, 15) is 9.90 Å². The molecule has 0 saturated carbocycles. The van der Waals surface area contributed by atoms with Crippen molar-refractivity contribution in [3.63, 3.8) is 0 Å². The van der Waals surface area contributed by atoms with Crippen molar-refractivity contribution in [2.45, 2.75) is 27.2 Å². The first kappa shape index (κ1) is 21.1. The van der Waals surface area contributed by atoms with Gasteiger partial charge in [-0.2, -0.15) is 10.2 Å². The fourth-order valence-electron chi connectivity index (χ4n) is 3.01. The zero-order valence-corrected chi connectivity index (χ0v) is 17.3. The third-order valence-electron chi connectivity index (χ3n) is 4.42. The summed E-state index contributed by atoms with van der Waals surface area (Å²) in [5.74, 6) is 0.509. The monoisotopic (exact) mass is 406 g/mol. The molecule has 0 unspecified atom stereocenters. The van der Waals surface area contributed by atoms with Gasteiger partial charge in [0, 0.05) is 11.1 Å². The van der Waals surface area contributed by atoms with Crippen molar-refractivity contribution < 1.29 is 14.6 Å². The van der Waals surface area contributed by atoms with Crippen LogP contribution in [0.15, 0.2) is 53.6 Å². The molecule has 0 aliphatic heterocycles. The number of hydrogen-bond donors (Lipinski definition) is 3. The molecule has 0 bridgehead atoms. The van der Waals surface area contributed by atoms with Crippen LogP contribution in [0.3, 0.4) is 0 Å². The van der Waals surface area contributed by atoms with Crippen LogP contribution in [0.2, 0.25) is 0 Å². The summed E-state index contributed by atoms with van der Waals surface area (Å²) in [5.41, 5.74) is 6.04. The number of aromatic nitrogens is 2. The lowest BCUT2D eigenvalue weighted by atomic mass is 10.0. The molecule has 7 nitrogen and oxygen atoms in total. The molecule has 3 aromatic rings. The van der Waals surface area contributed by atoms with Crippen molar-refractivity contribution in [1.82, 2.24) is 15.6 Å². The van der Waals surface area contributed by atoms with Crippen LogP contribution in [0.25, 0.3) is 11.3 Å². The van der Waals surface area contributed by atoms with Gasteiger partial charge in [0.25, 0.3) is 5.91 Å². The first-order chi connectivity index (χ1) is 14.5. The molecule has 0 atom stereocenters. The number of hydrogen-bond acceptors (Lipinski definition) is 5. The number of carbonyl (C=O) groups excluding carboxylic acids is 1. The number of rotatable bonds is 8. The molecule has 0 saturated heterocycles. The summed E-state index contributed by atoms with van der Waals surface area (Å²) < 4.78 is 5.33. The lowest BCUT2D eigenvalue weighted by Crippen LogP contribution is -2.18. The Hall–Kier alpha value is -3.61. The zero-order valence-electron chi connectivity index (χ0n) is 17.3. The highest BCUT2D eigenvalue weighted by atomic mass is 16.5. The van der Waals surface area contributed by atoms with Gasteiger partial charge in [0.15, 0.2) is 11.5 Å². The Morgan fingerprint density at radius 1 is 1.27 bits per heavy atom. The third kappa shape index (κ3) is 5.26. The normalized spacial score (nSPS) is 11.2. The number of phenols is 1. The minimum Gasteiger partial charge on any atom is -0.504 e. The average Bonchev–Trinajstić information content (AvgIpc) is 3.21. The number of ether oxygens (including phenoxy) is 1. The second-order valence-corrected chi connectivity index (χ2v) is 7.29. The van der Waals surface area contributed by atoms with Crippen LogP contribution < -0.4 is 10.2 Å². The summed E-state index contributed by atoms with van der Waals surface area (Å²) in [5, 5.41) is 21.0. The summed E-state index contributed by atoms with van der Waals surface area (Å²) in [7, 11) is 0. The summed E-state index contributed by atoms with van der Waals surface area (Å²) in [6, 6.07) is 14.9. The van der Waals surface area contributed by atoms with E-state index in [0.717, 1.165) is 12.0 Å². The number of H-pyrrole nitrogens is 1. The molecule has 3 N–H and O–H groups in total. The molecule has 1 aromatic heterocycles. The third-order valence-corrected chi connectivity index (χ3v) is 4.42. The van der Waals surface area contributed by atoms with Crippen LogP contribution in [0.5, 0.6) is 11.5 Å². The Kier molecular flexibility index (Phi) is 6.85. The predicted molar refractivity (Wildman–Crippen MR) is 117 cm³/mol. The molecule has 2 aromatic carbocycles. The Bertz CT molecular complexity index is 1020. The highest BCUT2D eigenvalue weighted by molar-refractivity contribution is 5.94. The SMILES string of the molecule is CCOc1cccc(C=NNC(=O)c2cc(-c3ccc(CC(C)C)cc3)n[nH]2)c1O. The number of hydrazone groups is 1. The van der Waals surface area contributed by atoms with Crippen molar-refractivity contribution in [1.29, 1.82) is 0 Å². The zero-order chi connectivity index (χ0) is 21.5. The Balaban J connectivity index is 1.64. The van der Waals surface area contributed by atoms with E-state index < -0.39 is 5.91 Å². The van der Waals surface area contributed by atoms with Crippen LogP contribution >= 0.6 is 0 Å². The van der Waals surface area contributed by atoms with Gasteiger partial charge in [0.2, 0.25) is 0 Å². The number of amides is 1. The minimum atomic E-state index is -0.429. The highest BCUT2D eigenvalue weighted by Crippen LogP contribution is 2.28. The Morgan fingerprint density at radius 3 is 2.73 bits per heavy atom. The smallest absolute Gasteiger partial charge is 0.289 e. The van der Waals surface area contributed by atoms with Crippen molar-refractivity contribution in [3.8, 4) is 22.8 Å². The molecule has 1 heterocycles. The number of nitrogens with zero attached hydrogens (tertiary/aromatic N) is 2. The largest absolute Gasteiger partial charge is 0.504 e. The second kappa shape index (κ2) is 9.73. The van der Waals surface area contributed by atoms with Crippen molar-refractivity contribution in [2.24, 2.45) is 11.0 Å². The van der Waals surface area contributed by atoms with E-state index in [0.29, 0.717) is 35.2 Å². The number of benzene rings is 2. The number of aromatic hydroxyl groups is 1.